The molecule has 0 aliphatic rings. The van der Waals surface area contributed by atoms with Gasteiger partial charge in [0.15, 0.2) is 0 Å². The molecular formula is C13H19N7O. The summed E-state index contributed by atoms with van der Waals surface area (Å²) in [5.74, 6) is 6.60. The number of nitrogens with one attached hydrogen (secondary N) is 2. The van der Waals surface area contributed by atoms with Crippen LogP contribution in [0.2, 0.25) is 0 Å². The Bertz CT molecular complexity index is 603. The molecule has 2 rings (SSSR count). The Morgan fingerprint density at radius 1 is 1.19 bits per heavy atom. The van der Waals surface area contributed by atoms with E-state index in [9.17, 15) is 0 Å². The maximum atomic E-state index is 5.38. The van der Waals surface area contributed by atoms with Crippen LogP contribution in [0.3, 0.4) is 0 Å². The van der Waals surface area contributed by atoms with Gasteiger partial charge in [-0.25, -0.2) is 5.84 Å². The van der Waals surface area contributed by atoms with E-state index >= 15 is 0 Å². The Labute approximate surface area is 123 Å². The Morgan fingerprint density at radius 2 is 1.95 bits per heavy atom. The first-order valence-corrected chi connectivity index (χ1v) is 6.37. The normalized spacial score (nSPS) is 10.3. The monoisotopic (exact) mass is 289 g/mol. The molecule has 0 radical (unpaired) electrons. The van der Waals surface area contributed by atoms with E-state index in [0.717, 1.165) is 11.3 Å². The molecule has 0 atom stereocenters. The topological polar surface area (TPSA) is 101 Å². The average Bonchev–Trinajstić information content (AvgIpc) is 2.47. The summed E-state index contributed by atoms with van der Waals surface area (Å²) in [6.45, 7) is 0.547. The van der Waals surface area contributed by atoms with E-state index in [1.807, 2.05) is 38.4 Å². The fourth-order valence-electron chi connectivity index (χ4n) is 1.72. The van der Waals surface area contributed by atoms with Gasteiger partial charge in [0.05, 0.1) is 6.61 Å². The van der Waals surface area contributed by atoms with Crippen LogP contribution in [0.15, 0.2) is 24.3 Å². The van der Waals surface area contributed by atoms with Gasteiger partial charge in [-0.3, -0.25) is 5.43 Å². The van der Waals surface area contributed by atoms with Gasteiger partial charge in [0.25, 0.3) is 0 Å². The van der Waals surface area contributed by atoms with E-state index in [4.69, 9.17) is 10.6 Å². The zero-order chi connectivity index (χ0) is 15.2. The predicted octanol–water partition coefficient (Wildman–Crippen LogP) is 1.11. The molecule has 4 N–H and O–H groups in total. The zero-order valence-electron chi connectivity index (χ0n) is 12.3. The molecule has 0 saturated heterocycles. The third kappa shape index (κ3) is 4.01. The number of benzene rings is 1. The minimum Gasteiger partial charge on any atom is -0.380 e. The van der Waals surface area contributed by atoms with E-state index in [1.54, 1.807) is 12.0 Å². The lowest BCUT2D eigenvalue weighted by Gasteiger charge is -2.13. The van der Waals surface area contributed by atoms with E-state index in [2.05, 4.69) is 25.7 Å². The molecule has 2 aromatic rings. The lowest BCUT2D eigenvalue weighted by Crippen LogP contribution is -2.18. The maximum absolute atomic E-state index is 5.38. The highest BCUT2D eigenvalue weighted by Gasteiger charge is 2.08. The van der Waals surface area contributed by atoms with Crippen LogP contribution in [0.25, 0.3) is 0 Å². The van der Waals surface area contributed by atoms with Gasteiger partial charge in [-0.2, -0.15) is 15.0 Å². The van der Waals surface area contributed by atoms with Crippen molar-refractivity contribution in [3.8, 4) is 0 Å². The number of hydrogen-bond donors (Lipinski definition) is 3. The minimum atomic E-state index is 0.296. The van der Waals surface area contributed by atoms with Crippen LogP contribution in [0, 0.1) is 0 Å². The number of ether oxygens (including phenoxy) is 1. The van der Waals surface area contributed by atoms with E-state index < -0.39 is 0 Å². The number of nitrogens with zero attached hydrogens (tertiary/aromatic N) is 4. The lowest BCUT2D eigenvalue weighted by molar-refractivity contribution is 0.185. The van der Waals surface area contributed by atoms with Gasteiger partial charge in [-0.15, -0.1) is 0 Å². The molecular weight excluding hydrogens is 270 g/mol. The summed E-state index contributed by atoms with van der Waals surface area (Å²) in [6.07, 6.45) is 0. The SMILES string of the molecule is COCc1cccc(Nc2nc(NN)nc(N(C)C)n2)c1. The summed E-state index contributed by atoms with van der Waals surface area (Å²) in [7, 11) is 5.35. The number of hydrogen-bond acceptors (Lipinski definition) is 8. The van der Waals surface area contributed by atoms with Gasteiger partial charge in [0.2, 0.25) is 17.8 Å². The Balaban J connectivity index is 2.26. The van der Waals surface area contributed by atoms with Crippen molar-refractivity contribution in [2.75, 3.05) is 36.8 Å². The van der Waals surface area contributed by atoms with Crippen molar-refractivity contribution in [2.24, 2.45) is 5.84 Å². The fraction of sp³-hybridized carbons (Fsp3) is 0.308. The number of hydrazine groups is 1. The quantitative estimate of drug-likeness (QED) is 0.537. The summed E-state index contributed by atoms with van der Waals surface area (Å²) in [6, 6.07) is 7.82. The van der Waals surface area contributed by atoms with Crippen molar-refractivity contribution in [1.29, 1.82) is 0 Å². The van der Waals surface area contributed by atoms with Crippen LogP contribution >= 0.6 is 0 Å². The number of methoxy groups -OCH3 is 1. The highest BCUT2D eigenvalue weighted by Crippen LogP contribution is 2.18. The van der Waals surface area contributed by atoms with Gasteiger partial charge >= 0.3 is 0 Å². The first-order valence-electron chi connectivity index (χ1n) is 6.37. The highest BCUT2D eigenvalue weighted by molar-refractivity contribution is 5.56. The number of nitrogen functional groups attached to an aromatic ring is 1. The summed E-state index contributed by atoms with van der Waals surface area (Å²) in [5.41, 5.74) is 4.35. The summed E-state index contributed by atoms with van der Waals surface area (Å²) >= 11 is 0. The van der Waals surface area contributed by atoms with Crippen LogP contribution in [0.1, 0.15) is 5.56 Å². The summed E-state index contributed by atoms with van der Waals surface area (Å²) < 4.78 is 5.12. The molecule has 0 amide bonds. The van der Waals surface area contributed by atoms with E-state index in [1.165, 1.54) is 0 Å². The van der Waals surface area contributed by atoms with Crippen molar-refractivity contribution in [2.45, 2.75) is 6.61 Å². The minimum absolute atomic E-state index is 0.296. The van der Waals surface area contributed by atoms with Crippen LogP contribution < -0.4 is 21.5 Å². The molecule has 0 aliphatic carbocycles. The zero-order valence-corrected chi connectivity index (χ0v) is 12.3. The highest BCUT2D eigenvalue weighted by atomic mass is 16.5. The summed E-state index contributed by atoms with van der Waals surface area (Å²) in [4.78, 5) is 14.4. The van der Waals surface area contributed by atoms with Gasteiger partial charge in [-0.1, -0.05) is 12.1 Å². The first-order chi connectivity index (χ1) is 10.1. The molecule has 0 spiro atoms. The van der Waals surface area contributed by atoms with Crippen LogP contribution in [0.5, 0.6) is 0 Å². The second-order valence-electron chi connectivity index (χ2n) is 4.58. The van der Waals surface area contributed by atoms with Crippen LogP contribution in [0.4, 0.5) is 23.5 Å². The molecule has 1 aromatic carbocycles. The molecule has 0 aliphatic heterocycles. The fourth-order valence-corrected chi connectivity index (χ4v) is 1.72. The van der Waals surface area contributed by atoms with Crippen LogP contribution in [-0.4, -0.2) is 36.2 Å². The molecule has 21 heavy (non-hydrogen) atoms. The van der Waals surface area contributed by atoms with Crippen molar-refractivity contribution in [3.63, 3.8) is 0 Å². The van der Waals surface area contributed by atoms with Gasteiger partial charge in [-0.05, 0) is 17.7 Å². The molecule has 8 heteroatoms. The number of rotatable bonds is 6. The first kappa shape index (κ1) is 14.9. The maximum Gasteiger partial charge on any atom is 0.243 e. The standard InChI is InChI=1S/C13H19N7O/c1-20(2)13-17-11(16-12(18-13)19-14)15-10-6-4-5-9(7-10)8-21-3/h4-7H,8,14H2,1-3H3,(H2,15,16,17,18,19). The third-order valence-electron chi connectivity index (χ3n) is 2.65. The Hall–Kier alpha value is -2.45. The van der Waals surface area contributed by atoms with Crippen molar-refractivity contribution >= 4 is 23.5 Å². The molecule has 8 nitrogen and oxygen atoms in total. The van der Waals surface area contributed by atoms with Crippen LogP contribution in [-0.2, 0) is 11.3 Å². The van der Waals surface area contributed by atoms with Gasteiger partial charge < -0.3 is 15.0 Å². The molecule has 0 saturated carbocycles. The molecule has 1 heterocycles. The van der Waals surface area contributed by atoms with Gasteiger partial charge in [0.1, 0.15) is 0 Å². The largest absolute Gasteiger partial charge is 0.380 e. The predicted molar refractivity (Wildman–Crippen MR) is 82.4 cm³/mol. The number of anilines is 4. The molecule has 0 unspecified atom stereocenters. The second-order valence-corrected chi connectivity index (χ2v) is 4.58. The molecule has 112 valence electrons. The number of aromatic nitrogens is 3. The second kappa shape index (κ2) is 6.82. The van der Waals surface area contributed by atoms with Crippen molar-refractivity contribution in [1.82, 2.24) is 15.0 Å². The van der Waals surface area contributed by atoms with Gasteiger partial charge in [0, 0.05) is 26.9 Å². The van der Waals surface area contributed by atoms with Crippen molar-refractivity contribution < 1.29 is 4.74 Å². The average molecular weight is 289 g/mol. The number of nitrogens with two attached hydrogens (primary N) is 1. The van der Waals surface area contributed by atoms with Crippen molar-refractivity contribution in [3.05, 3.63) is 29.8 Å². The Morgan fingerprint density at radius 3 is 2.62 bits per heavy atom. The van der Waals surface area contributed by atoms with E-state index in [0.29, 0.717) is 24.5 Å². The Kier molecular flexibility index (Phi) is 4.85. The molecule has 1 aromatic heterocycles. The smallest absolute Gasteiger partial charge is 0.243 e. The lowest BCUT2D eigenvalue weighted by atomic mass is 10.2. The molecule has 0 fully saturated rings. The third-order valence-corrected chi connectivity index (χ3v) is 2.65. The van der Waals surface area contributed by atoms with E-state index in [-0.39, 0.29) is 0 Å². The molecule has 0 bridgehead atoms. The summed E-state index contributed by atoms with van der Waals surface area (Å²) in [5, 5.41) is 3.13.